The molecule has 0 amide bonds. The van der Waals surface area contributed by atoms with Gasteiger partial charge in [-0.25, -0.2) is 0 Å². The lowest BCUT2D eigenvalue weighted by Gasteiger charge is -2.23. The van der Waals surface area contributed by atoms with Gasteiger partial charge in [0.25, 0.3) is 0 Å². The highest BCUT2D eigenvalue weighted by atomic mass is 15.2. The van der Waals surface area contributed by atoms with Gasteiger partial charge in [0.15, 0.2) is 0 Å². The zero-order valence-corrected chi connectivity index (χ0v) is 35.3. The zero-order chi connectivity index (χ0) is 35.7. The molecule has 0 atom stereocenters. The van der Waals surface area contributed by atoms with E-state index >= 15 is 0 Å². The first kappa shape index (κ1) is 48.9. The number of hydrogen-bond donors (Lipinski definition) is 1. The van der Waals surface area contributed by atoms with Crippen molar-refractivity contribution in [3.63, 3.8) is 0 Å². The second kappa shape index (κ2) is 42.3. The Labute approximate surface area is 312 Å². The van der Waals surface area contributed by atoms with Gasteiger partial charge >= 0.3 is 0 Å². The molecule has 0 heterocycles. The van der Waals surface area contributed by atoms with Gasteiger partial charge in [-0.3, -0.25) is 4.90 Å². The maximum absolute atomic E-state index is 3.61. The topological polar surface area (TPSA) is 18.5 Å². The van der Waals surface area contributed by atoms with E-state index in [0.29, 0.717) is 0 Å². The second-order valence-corrected chi connectivity index (χ2v) is 16.6. The lowest BCUT2D eigenvalue weighted by atomic mass is 9.89. The first-order chi connectivity index (χ1) is 24.1. The van der Waals surface area contributed by atoms with Crippen LogP contribution in [-0.4, -0.2) is 56.7 Å². The minimum absolute atomic E-state index is 0.998. The van der Waals surface area contributed by atoms with Crippen LogP contribution in [0.1, 0.15) is 245 Å². The Balaban J connectivity index is 4.19. The quantitative estimate of drug-likeness (QED) is 0.0507. The lowest BCUT2D eigenvalue weighted by Crippen LogP contribution is -2.32. The SMILES string of the molecule is CCCCCCCCCCCCCCCCN(CCCCCCCC(CCCCCCCC)CCCCCCCC)CCCNCN(C)C. The molecule has 0 aliphatic rings. The molecule has 0 fully saturated rings. The van der Waals surface area contributed by atoms with Gasteiger partial charge in [-0.2, -0.15) is 0 Å². The molecule has 0 rings (SSSR count). The van der Waals surface area contributed by atoms with Gasteiger partial charge in [0.1, 0.15) is 0 Å². The molecular formula is C46H97N3. The van der Waals surface area contributed by atoms with E-state index in [2.05, 4.69) is 50.0 Å². The third-order valence-corrected chi connectivity index (χ3v) is 11.1. The molecule has 0 aliphatic carbocycles. The zero-order valence-electron chi connectivity index (χ0n) is 35.3. The van der Waals surface area contributed by atoms with Crippen molar-refractivity contribution in [1.82, 2.24) is 15.1 Å². The molecular weight excluding hydrogens is 595 g/mol. The molecule has 0 unspecified atom stereocenters. The summed E-state index contributed by atoms with van der Waals surface area (Å²) in [7, 11) is 4.31. The van der Waals surface area contributed by atoms with Crippen molar-refractivity contribution in [2.45, 2.75) is 245 Å². The first-order valence-corrected chi connectivity index (χ1v) is 23.2. The Hall–Kier alpha value is -0.120. The number of hydrogen-bond acceptors (Lipinski definition) is 3. The van der Waals surface area contributed by atoms with E-state index in [1.807, 2.05) is 0 Å². The van der Waals surface area contributed by atoms with Crippen LogP contribution in [0.3, 0.4) is 0 Å². The maximum atomic E-state index is 3.61. The fraction of sp³-hybridized carbons (Fsp3) is 1.00. The van der Waals surface area contributed by atoms with Crippen molar-refractivity contribution in [2.24, 2.45) is 5.92 Å². The summed E-state index contributed by atoms with van der Waals surface area (Å²) in [5, 5.41) is 3.61. The Bertz CT molecular complexity index is 563. The highest BCUT2D eigenvalue weighted by molar-refractivity contribution is 4.64. The second-order valence-electron chi connectivity index (χ2n) is 16.6. The van der Waals surface area contributed by atoms with E-state index in [4.69, 9.17) is 0 Å². The molecule has 0 saturated heterocycles. The highest BCUT2D eigenvalue weighted by Gasteiger charge is 2.10. The average molecular weight is 692 g/mol. The van der Waals surface area contributed by atoms with Gasteiger partial charge in [-0.15, -0.1) is 0 Å². The minimum Gasteiger partial charge on any atom is -0.304 e. The van der Waals surface area contributed by atoms with Crippen LogP contribution in [0.5, 0.6) is 0 Å². The van der Waals surface area contributed by atoms with Gasteiger partial charge < -0.3 is 10.2 Å². The maximum Gasteiger partial charge on any atom is 0.0474 e. The highest BCUT2D eigenvalue weighted by Crippen LogP contribution is 2.25. The summed E-state index contributed by atoms with van der Waals surface area (Å²) in [6.07, 6.45) is 50.8. The third-order valence-electron chi connectivity index (χ3n) is 11.1. The number of nitrogens with zero attached hydrogens (tertiary/aromatic N) is 2. The summed E-state index contributed by atoms with van der Waals surface area (Å²) >= 11 is 0. The molecule has 0 aromatic rings. The van der Waals surface area contributed by atoms with E-state index in [1.165, 1.54) is 244 Å². The van der Waals surface area contributed by atoms with Crippen molar-refractivity contribution in [1.29, 1.82) is 0 Å². The van der Waals surface area contributed by atoms with Gasteiger partial charge in [-0.05, 0) is 65.5 Å². The largest absolute Gasteiger partial charge is 0.304 e. The molecule has 3 heteroatoms. The molecule has 49 heavy (non-hydrogen) atoms. The van der Waals surface area contributed by atoms with Gasteiger partial charge in [0.05, 0.1) is 0 Å². The summed E-state index contributed by atoms with van der Waals surface area (Å²) in [5.74, 6) is 1.01. The monoisotopic (exact) mass is 692 g/mol. The van der Waals surface area contributed by atoms with Crippen LogP contribution < -0.4 is 5.32 Å². The van der Waals surface area contributed by atoms with E-state index in [0.717, 1.165) is 19.1 Å². The van der Waals surface area contributed by atoms with Crippen molar-refractivity contribution in [2.75, 3.05) is 46.9 Å². The summed E-state index contributed by atoms with van der Waals surface area (Å²) < 4.78 is 0. The summed E-state index contributed by atoms with van der Waals surface area (Å²) in [4.78, 5) is 5.05. The van der Waals surface area contributed by atoms with Crippen molar-refractivity contribution in [3.05, 3.63) is 0 Å². The molecule has 1 N–H and O–H groups in total. The minimum atomic E-state index is 0.998. The smallest absolute Gasteiger partial charge is 0.0474 e. The molecule has 0 radical (unpaired) electrons. The molecule has 0 aliphatic heterocycles. The number of rotatable bonds is 43. The van der Waals surface area contributed by atoms with Crippen LogP contribution in [0, 0.1) is 5.92 Å². The van der Waals surface area contributed by atoms with Crippen LogP contribution in [0.4, 0.5) is 0 Å². The summed E-state index contributed by atoms with van der Waals surface area (Å²) in [6.45, 7) is 13.0. The lowest BCUT2D eigenvalue weighted by molar-refractivity contribution is 0.253. The normalized spacial score (nSPS) is 12.0. The predicted molar refractivity (Wildman–Crippen MR) is 225 cm³/mol. The van der Waals surface area contributed by atoms with E-state index in [9.17, 15) is 0 Å². The van der Waals surface area contributed by atoms with E-state index in [1.54, 1.807) is 0 Å². The van der Waals surface area contributed by atoms with Crippen LogP contribution in [-0.2, 0) is 0 Å². The van der Waals surface area contributed by atoms with Crippen LogP contribution in [0.25, 0.3) is 0 Å². The van der Waals surface area contributed by atoms with Gasteiger partial charge in [-0.1, -0.05) is 226 Å². The fourth-order valence-corrected chi connectivity index (χ4v) is 7.75. The first-order valence-electron chi connectivity index (χ1n) is 23.2. The molecule has 0 bridgehead atoms. The molecule has 296 valence electrons. The van der Waals surface area contributed by atoms with Crippen molar-refractivity contribution in [3.8, 4) is 0 Å². The van der Waals surface area contributed by atoms with Gasteiger partial charge in [0, 0.05) is 6.67 Å². The fourth-order valence-electron chi connectivity index (χ4n) is 7.75. The third kappa shape index (κ3) is 40.5. The Morgan fingerprint density at radius 3 is 0.959 bits per heavy atom. The van der Waals surface area contributed by atoms with E-state index < -0.39 is 0 Å². The van der Waals surface area contributed by atoms with E-state index in [-0.39, 0.29) is 0 Å². The Kier molecular flexibility index (Phi) is 42.2. The summed E-state index contributed by atoms with van der Waals surface area (Å²) in [6, 6.07) is 0. The molecule has 0 aromatic heterocycles. The average Bonchev–Trinajstić information content (AvgIpc) is 3.09. The Morgan fingerprint density at radius 1 is 0.347 bits per heavy atom. The van der Waals surface area contributed by atoms with Crippen LogP contribution in [0.2, 0.25) is 0 Å². The van der Waals surface area contributed by atoms with Crippen molar-refractivity contribution >= 4 is 0 Å². The molecule has 0 spiro atoms. The number of nitrogens with one attached hydrogen (secondary N) is 1. The van der Waals surface area contributed by atoms with Crippen LogP contribution in [0.15, 0.2) is 0 Å². The molecule has 0 saturated carbocycles. The molecule has 3 nitrogen and oxygen atoms in total. The number of unbranched alkanes of at least 4 members (excludes halogenated alkanes) is 27. The van der Waals surface area contributed by atoms with Crippen molar-refractivity contribution < 1.29 is 0 Å². The Morgan fingerprint density at radius 2 is 0.633 bits per heavy atom. The predicted octanol–water partition coefficient (Wildman–Crippen LogP) is 14.7. The van der Waals surface area contributed by atoms with Crippen LogP contribution >= 0.6 is 0 Å². The summed E-state index contributed by atoms with van der Waals surface area (Å²) in [5.41, 5.74) is 0. The standard InChI is InChI=1S/C46H97N3/c1-6-9-12-15-18-19-20-21-22-23-24-25-30-35-42-49(44-37-41-47-45-48(4)5)43-36-31-26-29-34-40-46(38-32-27-16-13-10-7-2)39-33-28-17-14-11-8-3/h46-47H,6-45H2,1-5H3. The molecule has 0 aromatic carbocycles. The van der Waals surface area contributed by atoms with Gasteiger partial charge in [0.2, 0.25) is 0 Å².